The standard InChI is InChI=1S/C15H23I/c1-10-12(14(2,3)4)8-11(16)9-13(10)15(5,6)7/h8-9H,1-7H3. The minimum Gasteiger partial charge on any atom is -0.0561 e. The Kier molecular flexibility index (Phi) is 3.78. The Labute approximate surface area is 114 Å². The van der Waals surface area contributed by atoms with E-state index in [2.05, 4.69) is 83.2 Å². The van der Waals surface area contributed by atoms with Crippen LogP contribution in [0.15, 0.2) is 12.1 Å². The molecule has 0 atom stereocenters. The van der Waals surface area contributed by atoms with E-state index >= 15 is 0 Å². The molecular weight excluding hydrogens is 307 g/mol. The van der Waals surface area contributed by atoms with E-state index in [9.17, 15) is 0 Å². The second-order valence-corrected chi connectivity index (χ2v) is 7.87. The van der Waals surface area contributed by atoms with Crippen LogP contribution in [-0.4, -0.2) is 0 Å². The second kappa shape index (κ2) is 4.32. The summed E-state index contributed by atoms with van der Waals surface area (Å²) >= 11 is 2.43. The van der Waals surface area contributed by atoms with Crippen molar-refractivity contribution in [1.29, 1.82) is 0 Å². The summed E-state index contributed by atoms with van der Waals surface area (Å²) in [5.41, 5.74) is 4.87. The molecule has 0 bridgehead atoms. The van der Waals surface area contributed by atoms with Gasteiger partial charge in [-0.05, 0) is 69.2 Å². The van der Waals surface area contributed by atoms with Gasteiger partial charge in [-0.3, -0.25) is 0 Å². The predicted octanol–water partition coefficient (Wildman–Crippen LogP) is 5.19. The minimum atomic E-state index is 0.227. The summed E-state index contributed by atoms with van der Waals surface area (Å²) in [5, 5.41) is 0. The van der Waals surface area contributed by atoms with Gasteiger partial charge in [-0.25, -0.2) is 0 Å². The summed E-state index contributed by atoms with van der Waals surface area (Å²) in [6.45, 7) is 16.0. The van der Waals surface area contributed by atoms with Crippen LogP contribution in [0.25, 0.3) is 0 Å². The largest absolute Gasteiger partial charge is 0.0561 e. The van der Waals surface area contributed by atoms with Crippen LogP contribution in [0, 0.1) is 10.5 Å². The lowest BCUT2D eigenvalue weighted by molar-refractivity contribution is 0.560. The highest BCUT2D eigenvalue weighted by Gasteiger charge is 2.23. The van der Waals surface area contributed by atoms with Crippen LogP contribution < -0.4 is 0 Å². The molecule has 0 saturated carbocycles. The molecule has 1 heteroatoms. The van der Waals surface area contributed by atoms with Gasteiger partial charge in [-0.1, -0.05) is 41.5 Å². The minimum absolute atomic E-state index is 0.227. The Balaban J connectivity index is 3.51. The van der Waals surface area contributed by atoms with Gasteiger partial charge in [0.2, 0.25) is 0 Å². The summed E-state index contributed by atoms with van der Waals surface area (Å²) in [6, 6.07) is 4.65. The molecule has 0 aliphatic rings. The molecule has 90 valence electrons. The summed E-state index contributed by atoms with van der Waals surface area (Å²) in [4.78, 5) is 0. The van der Waals surface area contributed by atoms with Gasteiger partial charge >= 0.3 is 0 Å². The zero-order chi connectivity index (χ0) is 12.7. The maximum atomic E-state index is 2.43. The molecule has 0 aliphatic carbocycles. The van der Waals surface area contributed by atoms with Crippen LogP contribution >= 0.6 is 22.6 Å². The Morgan fingerprint density at radius 1 is 0.812 bits per heavy atom. The molecule has 0 amide bonds. The fourth-order valence-electron chi connectivity index (χ4n) is 2.24. The average molecular weight is 330 g/mol. The topological polar surface area (TPSA) is 0 Å². The Hall–Kier alpha value is -0.0500. The van der Waals surface area contributed by atoms with E-state index in [1.165, 1.54) is 20.3 Å². The van der Waals surface area contributed by atoms with Crippen molar-refractivity contribution in [3.63, 3.8) is 0 Å². The van der Waals surface area contributed by atoms with Gasteiger partial charge < -0.3 is 0 Å². The van der Waals surface area contributed by atoms with Crippen molar-refractivity contribution in [2.45, 2.75) is 59.3 Å². The molecule has 1 aromatic rings. The third kappa shape index (κ3) is 2.99. The lowest BCUT2D eigenvalue weighted by atomic mass is 9.77. The molecule has 0 aromatic heterocycles. The van der Waals surface area contributed by atoms with Crippen molar-refractivity contribution in [3.05, 3.63) is 32.4 Å². The lowest BCUT2D eigenvalue weighted by Crippen LogP contribution is -2.19. The first-order valence-corrected chi connectivity index (χ1v) is 6.92. The van der Waals surface area contributed by atoms with E-state index in [0.29, 0.717) is 0 Å². The molecule has 1 rings (SSSR count). The van der Waals surface area contributed by atoms with Crippen molar-refractivity contribution in [3.8, 4) is 0 Å². The highest BCUT2D eigenvalue weighted by molar-refractivity contribution is 14.1. The Morgan fingerprint density at radius 3 is 1.38 bits per heavy atom. The lowest BCUT2D eigenvalue weighted by Gasteiger charge is -2.29. The van der Waals surface area contributed by atoms with Crippen LogP contribution in [0.2, 0.25) is 0 Å². The highest BCUT2D eigenvalue weighted by Crippen LogP contribution is 2.34. The quantitative estimate of drug-likeness (QED) is 0.574. The first-order valence-electron chi connectivity index (χ1n) is 5.84. The number of benzene rings is 1. The van der Waals surface area contributed by atoms with Crippen molar-refractivity contribution in [1.82, 2.24) is 0 Å². The molecule has 16 heavy (non-hydrogen) atoms. The number of halogens is 1. The Bertz CT molecular complexity index is 354. The maximum Gasteiger partial charge on any atom is 0.0136 e. The third-order valence-electron chi connectivity index (χ3n) is 2.99. The van der Waals surface area contributed by atoms with Gasteiger partial charge in [-0.15, -0.1) is 0 Å². The van der Waals surface area contributed by atoms with Crippen LogP contribution in [0.5, 0.6) is 0 Å². The molecule has 1 aromatic carbocycles. The van der Waals surface area contributed by atoms with Gasteiger partial charge in [0.15, 0.2) is 0 Å². The highest BCUT2D eigenvalue weighted by atomic mass is 127. The summed E-state index contributed by atoms with van der Waals surface area (Å²) in [7, 11) is 0. The van der Waals surface area contributed by atoms with Gasteiger partial charge in [0.05, 0.1) is 0 Å². The van der Waals surface area contributed by atoms with Gasteiger partial charge in [0, 0.05) is 3.57 Å². The zero-order valence-electron chi connectivity index (χ0n) is 11.5. The molecule has 0 aliphatic heterocycles. The average Bonchev–Trinajstić information content (AvgIpc) is 2.04. The van der Waals surface area contributed by atoms with E-state index in [1.54, 1.807) is 0 Å². The smallest absolute Gasteiger partial charge is 0.0136 e. The number of hydrogen-bond donors (Lipinski definition) is 0. The molecule has 0 saturated heterocycles. The molecule has 0 radical (unpaired) electrons. The first kappa shape index (κ1) is 14.0. The normalized spacial score (nSPS) is 13.0. The van der Waals surface area contributed by atoms with E-state index in [-0.39, 0.29) is 10.8 Å². The van der Waals surface area contributed by atoms with Gasteiger partial charge in [0.1, 0.15) is 0 Å². The fraction of sp³-hybridized carbons (Fsp3) is 0.600. The second-order valence-electron chi connectivity index (χ2n) is 6.63. The van der Waals surface area contributed by atoms with Crippen LogP contribution in [0.1, 0.15) is 58.2 Å². The first-order chi connectivity index (χ1) is 7.03. The molecule has 0 spiro atoms. The number of rotatable bonds is 0. The van der Waals surface area contributed by atoms with Gasteiger partial charge in [-0.2, -0.15) is 0 Å². The zero-order valence-corrected chi connectivity index (χ0v) is 13.7. The summed E-state index contributed by atoms with van der Waals surface area (Å²) in [5.74, 6) is 0. The maximum absolute atomic E-state index is 2.43. The third-order valence-corrected chi connectivity index (χ3v) is 3.61. The molecule has 0 unspecified atom stereocenters. The van der Waals surface area contributed by atoms with Crippen LogP contribution in [0.4, 0.5) is 0 Å². The van der Waals surface area contributed by atoms with Gasteiger partial charge in [0.25, 0.3) is 0 Å². The SMILES string of the molecule is Cc1c(C(C)(C)C)cc(I)cc1C(C)(C)C. The van der Waals surface area contributed by atoms with E-state index in [4.69, 9.17) is 0 Å². The van der Waals surface area contributed by atoms with Crippen molar-refractivity contribution in [2.24, 2.45) is 0 Å². The molecule has 0 heterocycles. The van der Waals surface area contributed by atoms with Crippen LogP contribution in [-0.2, 0) is 10.8 Å². The number of hydrogen-bond acceptors (Lipinski definition) is 0. The molecule has 0 N–H and O–H groups in total. The van der Waals surface area contributed by atoms with Crippen molar-refractivity contribution >= 4 is 22.6 Å². The summed E-state index contributed by atoms with van der Waals surface area (Å²) in [6.07, 6.45) is 0. The van der Waals surface area contributed by atoms with Crippen molar-refractivity contribution < 1.29 is 0 Å². The van der Waals surface area contributed by atoms with E-state index in [0.717, 1.165) is 0 Å². The predicted molar refractivity (Wildman–Crippen MR) is 81.3 cm³/mol. The van der Waals surface area contributed by atoms with E-state index < -0.39 is 0 Å². The van der Waals surface area contributed by atoms with E-state index in [1.807, 2.05) is 0 Å². The molecule has 0 nitrogen and oxygen atoms in total. The fourth-order valence-corrected chi connectivity index (χ4v) is 2.86. The monoisotopic (exact) mass is 330 g/mol. The Morgan fingerprint density at radius 2 is 1.12 bits per heavy atom. The van der Waals surface area contributed by atoms with Crippen LogP contribution in [0.3, 0.4) is 0 Å². The van der Waals surface area contributed by atoms with Crippen molar-refractivity contribution in [2.75, 3.05) is 0 Å². The summed E-state index contributed by atoms with van der Waals surface area (Å²) < 4.78 is 1.35. The molecular formula is C15H23I. The molecule has 0 fully saturated rings.